The number of ether oxygens (including phenoxy) is 2. The molecule has 0 bridgehead atoms. The van der Waals surface area contributed by atoms with Crippen molar-refractivity contribution in [2.75, 3.05) is 19.0 Å². The van der Waals surface area contributed by atoms with Gasteiger partial charge in [0.2, 0.25) is 5.16 Å². The van der Waals surface area contributed by atoms with Crippen LogP contribution in [0.25, 0.3) is 5.69 Å². The van der Waals surface area contributed by atoms with Gasteiger partial charge in [0.25, 0.3) is 5.91 Å². The number of ketones is 1. The summed E-state index contributed by atoms with van der Waals surface area (Å²) >= 11 is 1.25. The van der Waals surface area contributed by atoms with E-state index < -0.39 is 5.25 Å². The van der Waals surface area contributed by atoms with Crippen molar-refractivity contribution in [3.63, 3.8) is 0 Å². The van der Waals surface area contributed by atoms with Crippen molar-refractivity contribution >= 4 is 29.1 Å². The van der Waals surface area contributed by atoms with Crippen molar-refractivity contribution in [1.29, 1.82) is 0 Å². The minimum absolute atomic E-state index is 0.0272. The standard InChI is InChI=1S/C19H17N5O4S/c1-11(18(26)12-3-8-16-15(9-12)20-17(25)10-28-16)29-19-21-22-23-24(19)13-4-6-14(27-2)7-5-13/h3-9,11H,10H2,1-2H3,(H,20,25). The van der Waals surface area contributed by atoms with Crippen LogP contribution in [0.3, 0.4) is 0 Å². The predicted octanol–water partition coefficient (Wildman–Crippen LogP) is 2.37. The van der Waals surface area contributed by atoms with E-state index >= 15 is 0 Å². The van der Waals surface area contributed by atoms with Gasteiger partial charge in [0, 0.05) is 5.56 Å². The molecule has 148 valence electrons. The van der Waals surface area contributed by atoms with E-state index in [1.165, 1.54) is 11.8 Å². The third kappa shape index (κ3) is 3.92. The van der Waals surface area contributed by atoms with Gasteiger partial charge in [0.15, 0.2) is 12.4 Å². The summed E-state index contributed by atoms with van der Waals surface area (Å²) in [6, 6.07) is 12.3. The Morgan fingerprint density at radius 3 is 2.83 bits per heavy atom. The first-order valence-electron chi connectivity index (χ1n) is 8.75. The molecule has 1 N–H and O–H groups in total. The highest BCUT2D eigenvalue weighted by atomic mass is 32.2. The Morgan fingerprint density at radius 1 is 1.28 bits per heavy atom. The molecule has 9 nitrogen and oxygen atoms in total. The number of benzene rings is 2. The number of fused-ring (bicyclic) bond motifs is 1. The van der Waals surface area contributed by atoms with E-state index in [1.54, 1.807) is 36.9 Å². The van der Waals surface area contributed by atoms with Crippen LogP contribution in [0.5, 0.6) is 11.5 Å². The van der Waals surface area contributed by atoms with Gasteiger partial charge in [-0.1, -0.05) is 11.8 Å². The van der Waals surface area contributed by atoms with E-state index in [-0.39, 0.29) is 18.3 Å². The van der Waals surface area contributed by atoms with Gasteiger partial charge >= 0.3 is 0 Å². The number of nitrogens with zero attached hydrogens (tertiary/aromatic N) is 4. The molecule has 1 atom stereocenters. The molecular weight excluding hydrogens is 394 g/mol. The van der Waals surface area contributed by atoms with Gasteiger partial charge in [0.05, 0.1) is 23.7 Å². The second-order valence-corrected chi connectivity index (χ2v) is 7.55. The number of hydrogen-bond donors (Lipinski definition) is 1. The average Bonchev–Trinajstić information content (AvgIpc) is 3.20. The normalized spacial score (nSPS) is 13.8. The lowest BCUT2D eigenvalue weighted by Crippen LogP contribution is -2.25. The number of carbonyl (C=O) groups excluding carboxylic acids is 2. The van der Waals surface area contributed by atoms with Gasteiger partial charge in [-0.15, -0.1) is 5.10 Å². The van der Waals surface area contributed by atoms with Gasteiger partial charge in [-0.05, 0) is 59.8 Å². The Morgan fingerprint density at radius 2 is 2.07 bits per heavy atom. The zero-order chi connectivity index (χ0) is 20.4. The lowest BCUT2D eigenvalue weighted by atomic mass is 10.1. The largest absolute Gasteiger partial charge is 0.497 e. The van der Waals surface area contributed by atoms with E-state index in [4.69, 9.17) is 9.47 Å². The first-order valence-corrected chi connectivity index (χ1v) is 9.63. The van der Waals surface area contributed by atoms with Crippen LogP contribution in [-0.4, -0.2) is 50.9 Å². The number of hydrogen-bond acceptors (Lipinski definition) is 8. The van der Waals surface area contributed by atoms with E-state index in [1.807, 2.05) is 24.3 Å². The third-order valence-electron chi connectivity index (χ3n) is 4.31. The van der Waals surface area contributed by atoms with Gasteiger partial charge in [-0.25, -0.2) is 0 Å². The van der Waals surface area contributed by atoms with Gasteiger partial charge in [-0.3, -0.25) is 9.59 Å². The van der Waals surface area contributed by atoms with E-state index in [9.17, 15) is 9.59 Å². The molecule has 0 radical (unpaired) electrons. The van der Waals surface area contributed by atoms with Crippen LogP contribution in [0.15, 0.2) is 47.6 Å². The summed E-state index contributed by atoms with van der Waals surface area (Å²) in [6.45, 7) is 1.76. The first-order chi connectivity index (χ1) is 14.0. The summed E-state index contributed by atoms with van der Waals surface area (Å²) in [7, 11) is 1.60. The van der Waals surface area contributed by atoms with Crippen molar-refractivity contribution < 1.29 is 19.1 Å². The fourth-order valence-corrected chi connectivity index (χ4v) is 3.71. The topological polar surface area (TPSA) is 108 Å². The molecule has 0 saturated carbocycles. The maximum Gasteiger partial charge on any atom is 0.262 e. The molecule has 0 saturated heterocycles. The zero-order valence-electron chi connectivity index (χ0n) is 15.7. The lowest BCUT2D eigenvalue weighted by molar-refractivity contribution is -0.118. The number of aromatic nitrogens is 4. The maximum atomic E-state index is 12.9. The van der Waals surface area contributed by atoms with Crippen LogP contribution >= 0.6 is 11.8 Å². The van der Waals surface area contributed by atoms with Crippen molar-refractivity contribution in [1.82, 2.24) is 20.2 Å². The minimum Gasteiger partial charge on any atom is -0.497 e. The molecule has 4 rings (SSSR count). The Balaban J connectivity index is 1.52. The van der Waals surface area contributed by atoms with Crippen LogP contribution < -0.4 is 14.8 Å². The molecule has 1 aliphatic rings. The third-order valence-corrected chi connectivity index (χ3v) is 5.34. The van der Waals surface area contributed by atoms with Crippen LogP contribution in [-0.2, 0) is 4.79 Å². The number of tetrazole rings is 1. The number of rotatable bonds is 6. The molecule has 10 heteroatoms. The average molecular weight is 411 g/mol. The molecule has 2 heterocycles. The van der Waals surface area contributed by atoms with E-state index in [0.29, 0.717) is 22.2 Å². The highest BCUT2D eigenvalue weighted by Gasteiger charge is 2.23. The summed E-state index contributed by atoms with van der Waals surface area (Å²) in [4.78, 5) is 24.4. The zero-order valence-corrected chi connectivity index (χ0v) is 16.5. The Hall–Kier alpha value is -3.40. The molecule has 0 spiro atoms. The number of nitrogens with one attached hydrogen (secondary N) is 1. The highest BCUT2D eigenvalue weighted by Crippen LogP contribution is 2.31. The van der Waals surface area contributed by atoms with Crippen LogP contribution in [0.2, 0.25) is 0 Å². The molecule has 1 amide bonds. The van der Waals surface area contributed by atoms with Gasteiger partial charge in [-0.2, -0.15) is 4.68 Å². The molecule has 0 aliphatic carbocycles. The number of Topliss-reactive ketones (excluding diaryl/α,β-unsaturated/α-hetero) is 1. The molecule has 0 fully saturated rings. The second kappa shape index (κ2) is 7.92. The Kier molecular flexibility index (Phi) is 5.17. The summed E-state index contributed by atoms with van der Waals surface area (Å²) in [6.07, 6.45) is 0. The maximum absolute atomic E-state index is 12.9. The molecule has 2 aromatic carbocycles. The van der Waals surface area contributed by atoms with E-state index in [2.05, 4.69) is 20.8 Å². The molecule has 29 heavy (non-hydrogen) atoms. The smallest absolute Gasteiger partial charge is 0.262 e. The van der Waals surface area contributed by atoms with Crippen molar-refractivity contribution in [2.45, 2.75) is 17.3 Å². The van der Waals surface area contributed by atoms with Crippen molar-refractivity contribution in [3.8, 4) is 17.2 Å². The van der Waals surface area contributed by atoms with Gasteiger partial charge < -0.3 is 14.8 Å². The summed E-state index contributed by atoms with van der Waals surface area (Å²) in [5.74, 6) is 0.915. The Bertz CT molecular complexity index is 1070. The molecule has 1 aliphatic heterocycles. The van der Waals surface area contributed by atoms with Crippen LogP contribution in [0, 0.1) is 0 Å². The van der Waals surface area contributed by atoms with E-state index in [0.717, 1.165) is 11.4 Å². The number of methoxy groups -OCH3 is 1. The summed E-state index contributed by atoms with van der Waals surface area (Å²) in [5.41, 5.74) is 1.72. The number of thioether (sulfide) groups is 1. The summed E-state index contributed by atoms with van der Waals surface area (Å²) in [5, 5.41) is 14.5. The molecule has 3 aromatic rings. The quantitative estimate of drug-likeness (QED) is 0.486. The van der Waals surface area contributed by atoms with Crippen LogP contribution in [0.4, 0.5) is 5.69 Å². The fourth-order valence-electron chi connectivity index (χ4n) is 2.82. The lowest BCUT2D eigenvalue weighted by Gasteiger charge is -2.19. The highest BCUT2D eigenvalue weighted by molar-refractivity contribution is 8.00. The number of amides is 1. The number of carbonyl (C=O) groups is 2. The molecular formula is C19H17N5O4S. The SMILES string of the molecule is COc1ccc(-n2nnnc2SC(C)C(=O)c2ccc3c(c2)NC(=O)CO3)cc1. The van der Waals surface area contributed by atoms with Crippen LogP contribution in [0.1, 0.15) is 17.3 Å². The minimum atomic E-state index is -0.448. The summed E-state index contributed by atoms with van der Waals surface area (Å²) < 4.78 is 12.1. The Labute approximate surface area is 170 Å². The molecule has 1 aromatic heterocycles. The fraction of sp³-hybridized carbons (Fsp3) is 0.211. The molecule has 1 unspecified atom stereocenters. The van der Waals surface area contributed by atoms with Gasteiger partial charge in [0.1, 0.15) is 11.5 Å². The number of anilines is 1. The second-order valence-electron chi connectivity index (χ2n) is 6.24. The van der Waals surface area contributed by atoms with Crippen molar-refractivity contribution in [2.24, 2.45) is 0 Å². The van der Waals surface area contributed by atoms with Crippen molar-refractivity contribution in [3.05, 3.63) is 48.0 Å². The first kappa shape index (κ1) is 18.9. The monoisotopic (exact) mass is 411 g/mol. The predicted molar refractivity (Wildman–Crippen MR) is 106 cm³/mol.